The first kappa shape index (κ1) is 15.7. The molecular formula is C16H19NO3S. The van der Waals surface area contributed by atoms with Crippen LogP contribution >= 0.6 is 11.3 Å². The number of imide groups is 1. The lowest BCUT2D eigenvalue weighted by atomic mass is 9.81. The fraction of sp³-hybridized carbons (Fsp3) is 0.500. The Morgan fingerprint density at radius 2 is 2.10 bits per heavy atom. The maximum Gasteiger partial charge on any atom is 0.236 e. The van der Waals surface area contributed by atoms with Gasteiger partial charge in [-0.15, -0.1) is 11.3 Å². The van der Waals surface area contributed by atoms with Crippen molar-refractivity contribution in [3.05, 3.63) is 21.9 Å². The Morgan fingerprint density at radius 3 is 2.67 bits per heavy atom. The second-order valence-corrected chi connectivity index (χ2v) is 6.17. The zero-order valence-electron chi connectivity index (χ0n) is 12.3. The van der Waals surface area contributed by atoms with Gasteiger partial charge in [-0.25, -0.2) is 0 Å². The van der Waals surface area contributed by atoms with Crippen molar-refractivity contribution in [2.24, 2.45) is 5.41 Å². The van der Waals surface area contributed by atoms with Gasteiger partial charge in [-0.1, -0.05) is 25.7 Å². The molecule has 0 unspecified atom stereocenters. The highest BCUT2D eigenvalue weighted by Gasteiger charge is 2.48. The molecule has 1 aromatic heterocycles. The van der Waals surface area contributed by atoms with Crippen molar-refractivity contribution in [2.45, 2.75) is 39.7 Å². The van der Waals surface area contributed by atoms with E-state index in [4.69, 9.17) is 5.11 Å². The second kappa shape index (κ2) is 6.42. The van der Waals surface area contributed by atoms with E-state index in [0.29, 0.717) is 19.3 Å². The Balaban J connectivity index is 2.23. The molecule has 0 aromatic carbocycles. The number of thiophene rings is 1. The lowest BCUT2D eigenvalue weighted by Crippen LogP contribution is -2.34. The van der Waals surface area contributed by atoms with Crippen molar-refractivity contribution >= 4 is 23.2 Å². The van der Waals surface area contributed by atoms with Gasteiger partial charge >= 0.3 is 0 Å². The minimum absolute atomic E-state index is 0.0630. The molecule has 1 aliphatic rings. The van der Waals surface area contributed by atoms with Crippen LogP contribution in [-0.4, -0.2) is 28.4 Å². The summed E-state index contributed by atoms with van der Waals surface area (Å²) < 4.78 is 0. The molecule has 0 saturated carbocycles. The third-order valence-electron chi connectivity index (χ3n) is 4.19. The summed E-state index contributed by atoms with van der Waals surface area (Å²) in [5, 5.41) is 10.7. The minimum Gasteiger partial charge on any atom is -0.384 e. The Labute approximate surface area is 128 Å². The summed E-state index contributed by atoms with van der Waals surface area (Å²) in [4.78, 5) is 27.0. The molecule has 1 N–H and O–H groups in total. The molecule has 2 heterocycles. The average molecular weight is 305 g/mol. The van der Waals surface area contributed by atoms with Crippen molar-refractivity contribution in [3.63, 3.8) is 0 Å². The van der Waals surface area contributed by atoms with Gasteiger partial charge in [-0.2, -0.15) is 0 Å². The molecule has 1 fully saturated rings. The number of rotatable bonds is 4. The van der Waals surface area contributed by atoms with Gasteiger partial charge in [0.15, 0.2) is 0 Å². The Bertz CT molecular complexity index is 605. The number of carbonyl (C=O) groups excluding carboxylic acids is 2. The number of likely N-dealkylation sites (tertiary alicyclic amines) is 1. The molecule has 2 rings (SSSR count). The normalized spacial score (nSPS) is 17.0. The second-order valence-electron chi connectivity index (χ2n) is 5.17. The van der Waals surface area contributed by atoms with E-state index in [1.165, 1.54) is 16.2 Å². The van der Waals surface area contributed by atoms with E-state index in [1.807, 2.05) is 25.3 Å². The lowest BCUT2D eigenvalue weighted by Gasteiger charge is -2.23. The molecule has 0 radical (unpaired) electrons. The van der Waals surface area contributed by atoms with Crippen LogP contribution in [0.2, 0.25) is 0 Å². The molecule has 0 atom stereocenters. The predicted molar refractivity (Wildman–Crippen MR) is 81.5 cm³/mol. The maximum absolute atomic E-state index is 12.6. The van der Waals surface area contributed by atoms with Gasteiger partial charge < -0.3 is 5.11 Å². The van der Waals surface area contributed by atoms with Crippen LogP contribution in [0.15, 0.2) is 11.4 Å². The van der Waals surface area contributed by atoms with Gasteiger partial charge in [0.2, 0.25) is 11.8 Å². The number of carbonyl (C=O) groups is 2. The van der Waals surface area contributed by atoms with E-state index in [1.54, 1.807) is 0 Å². The third-order valence-corrected chi connectivity index (χ3v) is 5.10. The molecule has 21 heavy (non-hydrogen) atoms. The maximum atomic E-state index is 12.6. The molecular weight excluding hydrogens is 286 g/mol. The fourth-order valence-electron chi connectivity index (χ4n) is 2.68. The number of amides is 2. The van der Waals surface area contributed by atoms with Crippen molar-refractivity contribution in [3.8, 4) is 11.8 Å². The van der Waals surface area contributed by atoms with Crippen LogP contribution in [0.4, 0.5) is 0 Å². The standard InChI is InChI=1S/C16H19NO3S/c1-3-16(4-2)10-14(19)17(15(16)20)11-13-12(6-5-8-18)7-9-21-13/h7,9,18H,3-4,8,10-11H2,1-2H3. The van der Waals surface area contributed by atoms with Gasteiger partial charge in [0.25, 0.3) is 0 Å². The van der Waals surface area contributed by atoms with Crippen molar-refractivity contribution in [2.75, 3.05) is 6.61 Å². The monoisotopic (exact) mass is 305 g/mol. The van der Waals surface area contributed by atoms with Crippen LogP contribution < -0.4 is 0 Å². The SMILES string of the molecule is CCC1(CC)CC(=O)N(Cc2sccc2C#CCO)C1=O. The number of hydrogen-bond donors (Lipinski definition) is 1. The van der Waals surface area contributed by atoms with Crippen LogP contribution in [0.3, 0.4) is 0 Å². The van der Waals surface area contributed by atoms with E-state index in [-0.39, 0.29) is 25.0 Å². The van der Waals surface area contributed by atoms with E-state index < -0.39 is 5.41 Å². The first-order valence-corrected chi connectivity index (χ1v) is 7.96. The summed E-state index contributed by atoms with van der Waals surface area (Å²) in [6, 6.07) is 1.85. The number of nitrogens with zero attached hydrogens (tertiary/aromatic N) is 1. The summed E-state index contributed by atoms with van der Waals surface area (Å²) in [6.07, 6.45) is 1.68. The average Bonchev–Trinajstić information content (AvgIpc) is 3.03. The van der Waals surface area contributed by atoms with Gasteiger partial charge in [0, 0.05) is 16.9 Å². The zero-order valence-corrected chi connectivity index (χ0v) is 13.1. The predicted octanol–water partition coefficient (Wildman–Crippen LogP) is 2.16. The number of hydrogen-bond acceptors (Lipinski definition) is 4. The lowest BCUT2D eigenvalue weighted by molar-refractivity contribution is -0.142. The molecule has 1 aliphatic heterocycles. The largest absolute Gasteiger partial charge is 0.384 e. The Hall–Kier alpha value is -1.64. The molecule has 2 amide bonds. The first-order valence-electron chi connectivity index (χ1n) is 7.09. The van der Waals surface area contributed by atoms with E-state index in [2.05, 4.69) is 11.8 Å². The fourth-order valence-corrected chi connectivity index (χ4v) is 3.49. The molecule has 0 aliphatic carbocycles. The van der Waals surface area contributed by atoms with Gasteiger partial charge in [-0.3, -0.25) is 14.5 Å². The minimum atomic E-state index is -0.523. The van der Waals surface area contributed by atoms with Crippen molar-refractivity contribution in [1.82, 2.24) is 4.90 Å². The summed E-state index contributed by atoms with van der Waals surface area (Å²) >= 11 is 1.48. The summed E-state index contributed by atoms with van der Waals surface area (Å²) in [6.45, 7) is 4.00. The first-order chi connectivity index (χ1) is 10.1. The highest BCUT2D eigenvalue weighted by Crippen LogP contribution is 2.40. The zero-order chi connectivity index (χ0) is 15.5. The number of aliphatic hydroxyl groups excluding tert-OH is 1. The third kappa shape index (κ3) is 2.87. The van der Waals surface area contributed by atoms with Crippen LogP contribution in [0.5, 0.6) is 0 Å². The smallest absolute Gasteiger partial charge is 0.236 e. The summed E-state index contributed by atoms with van der Waals surface area (Å²) in [5.41, 5.74) is 0.255. The highest BCUT2D eigenvalue weighted by atomic mass is 32.1. The molecule has 0 spiro atoms. The van der Waals surface area contributed by atoms with E-state index >= 15 is 0 Å². The molecule has 1 aromatic rings. The molecule has 5 heteroatoms. The summed E-state index contributed by atoms with van der Waals surface area (Å²) in [5.74, 6) is 5.30. The Kier molecular flexibility index (Phi) is 4.81. The quantitative estimate of drug-likeness (QED) is 0.685. The van der Waals surface area contributed by atoms with Gasteiger partial charge in [0.1, 0.15) is 6.61 Å². The number of aliphatic hydroxyl groups is 1. The molecule has 112 valence electrons. The Morgan fingerprint density at radius 1 is 1.38 bits per heavy atom. The van der Waals surface area contributed by atoms with Gasteiger partial charge in [0.05, 0.1) is 12.0 Å². The van der Waals surface area contributed by atoms with Crippen LogP contribution in [0.25, 0.3) is 0 Å². The molecule has 1 saturated heterocycles. The molecule has 4 nitrogen and oxygen atoms in total. The highest BCUT2D eigenvalue weighted by molar-refractivity contribution is 7.10. The topological polar surface area (TPSA) is 57.6 Å². The van der Waals surface area contributed by atoms with E-state index in [0.717, 1.165) is 10.4 Å². The van der Waals surface area contributed by atoms with Crippen molar-refractivity contribution < 1.29 is 14.7 Å². The molecule has 0 bridgehead atoms. The van der Waals surface area contributed by atoms with Crippen molar-refractivity contribution in [1.29, 1.82) is 0 Å². The summed E-state index contributed by atoms with van der Waals surface area (Å²) in [7, 11) is 0. The van der Waals surface area contributed by atoms with Crippen LogP contribution in [-0.2, 0) is 16.1 Å². The van der Waals surface area contributed by atoms with E-state index in [9.17, 15) is 9.59 Å². The van der Waals surface area contributed by atoms with Gasteiger partial charge in [-0.05, 0) is 24.3 Å². The van der Waals surface area contributed by atoms with Crippen LogP contribution in [0, 0.1) is 17.3 Å². The van der Waals surface area contributed by atoms with Crippen LogP contribution in [0.1, 0.15) is 43.6 Å².